The van der Waals surface area contributed by atoms with Gasteiger partial charge in [0, 0.05) is 104 Å². The molecule has 0 spiro atoms. The van der Waals surface area contributed by atoms with E-state index in [0.29, 0.717) is 61.4 Å². The van der Waals surface area contributed by atoms with Crippen LogP contribution >= 0.6 is 11.6 Å². The zero-order valence-corrected chi connectivity index (χ0v) is 51.9. The van der Waals surface area contributed by atoms with Gasteiger partial charge >= 0.3 is 0 Å². The number of nitrogens with zero attached hydrogens (tertiary/aromatic N) is 7. The summed E-state index contributed by atoms with van der Waals surface area (Å²) in [5.74, 6) is -0.593. The maximum atomic E-state index is 14.2. The lowest BCUT2D eigenvalue weighted by atomic mass is 9.72. The average Bonchev–Trinajstić information content (AvgIpc) is 2.60. The number of carbonyl (C=O) groups excluding carboxylic acids is 4. The van der Waals surface area contributed by atoms with Gasteiger partial charge in [-0.15, -0.1) is 0 Å². The summed E-state index contributed by atoms with van der Waals surface area (Å²) in [6.07, 6.45) is 11.7. The molecule has 6 aliphatic rings. The number of amides is 4. The monoisotopic (exact) mass is 1250 g/mol. The molecule has 4 N–H and O–H groups in total. The molecule has 23 heteroatoms. The number of H-pyrrole nitrogens is 1. The normalized spacial score (nSPS) is 20.0. The number of sulfonamides is 1. The predicted octanol–water partition coefficient (Wildman–Crippen LogP) is 9.64. The molecule has 7 heterocycles. The van der Waals surface area contributed by atoms with E-state index in [4.69, 9.17) is 21.1 Å². The number of rotatable bonds is 20. The second-order valence-corrected chi connectivity index (χ2v) is 27.4. The number of aromatic nitrogens is 2. The van der Waals surface area contributed by atoms with Gasteiger partial charge in [-0.05, 0) is 167 Å². The maximum Gasteiger partial charge on any atom is 0.293 e. The van der Waals surface area contributed by atoms with E-state index in [1.807, 2.05) is 24.3 Å². The summed E-state index contributed by atoms with van der Waals surface area (Å²) in [6, 6.07) is 25.7. The maximum absolute atomic E-state index is 14.2. The fourth-order valence-corrected chi connectivity index (χ4v) is 14.8. The number of anilines is 2. The average molecular weight is 1250 g/mol. The molecule has 2 aromatic heterocycles. The molecule has 5 aliphatic heterocycles. The van der Waals surface area contributed by atoms with Crippen LogP contribution in [0.2, 0.25) is 5.02 Å². The lowest BCUT2D eigenvalue weighted by Gasteiger charge is -2.42. The van der Waals surface area contributed by atoms with Crippen molar-refractivity contribution in [2.45, 2.75) is 102 Å². The van der Waals surface area contributed by atoms with Gasteiger partial charge in [0.2, 0.25) is 11.8 Å². The molecule has 0 radical (unpaired) electrons. The van der Waals surface area contributed by atoms with Gasteiger partial charge in [-0.1, -0.05) is 49.2 Å². The number of allylic oxidation sites excluding steroid dienone is 1. The lowest BCUT2D eigenvalue weighted by Crippen LogP contribution is -2.52. The van der Waals surface area contributed by atoms with E-state index < -0.39 is 43.4 Å². The van der Waals surface area contributed by atoms with Crippen LogP contribution < -0.4 is 29.7 Å². The first kappa shape index (κ1) is 61.4. The molecule has 6 aromatic rings. The Kier molecular flexibility index (Phi) is 18.1. The number of aromatic amines is 1. The molecular weight excluding hydrogens is 1170 g/mol. The summed E-state index contributed by atoms with van der Waals surface area (Å²) >= 11 is 6.28. The van der Waals surface area contributed by atoms with Gasteiger partial charge in [-0.3, -0.25) is 39.5 Å². The highest BCUT2D eigenvalue weighted by atomic mass is 35.5. The first-order valence-electron chi connectivity index (χ1n) is 31.0. The van der Waals surface area contributed by atoms with Crippen LogP contribution in [0.1, 0.15) is 110 Å². The van der Waals surface area contributed by atoms with Crippen molar-refractivity contribution in [1.82, 2.24) is 39.6 Å². The van der Waals surface area contributed by atoms with E-state index in [-0.39, 0.29) is 53.1 Å². The highest BCUT2D eigenvalue weighted by molar-refractivity contribution is 7.90. The number of nitro groups is 1. The van der Waals surface area contributed by atoms with Crippen LogP contribution in [0.4, 0.5) is 17.1 Å². The molecule has 4 amide bonds. The zero-order chi connectivity index (χ0) is 62.0. The summed E-state index contributed by atoms with van der Waals surface area (Å²) in [4.78, 5) is 82.0. The van der Waals surface area contributed by atoms with Crippen LogP contribution in [-0.2, 0) is 26.2 Å². The summed E-state index contributed by atoms with van der Waals surface area (Å²) in [5, 5.41) is 19.6. The highest BCUT2D eigenvalue weighted by Gasteiger charge is 2.41. The van der Waals surface area contributed by atoms with Crippen molar-refractivity contribution in [3.8, 4) is 17.2 Å². The molecule has 1 atom stereocenters. The van der Waals surface area contributed by atoms with Gasteiger partial charge in [0.1, 0.15) is 34.6 Å². The van der Waals surface area contributed by atoms with Crippen LogP contribution in [-0.4, -0.2) is 157 Å². The van der Waals surface area contributed by atoms with Gasteiger partial charge in [0.25, 0.3) is 27.5 Å². The number of carbonyl (C=O) groups is 4. The Morgan fingerprint density at radius 1 is 0.865 bits per heavy atom. The zero-order valence-electron chi connectivity index (χ0n) is 50.3. The van der Waals surface area contributed by atoms with Crippen molar-refractivity contribution in [2.24, 2.45) is 11.3 Å². The fraction of sp³-hybridized carbons (Fsp3) is 0.439. The van der Waals surface area contributed by atoms with Crippen molar-refractivity contribution in [1.29, 1.82) is 0 Å². The number of pyridine rings is 1. The molecular formula is C66H76ClN11O10S. The van der Waals surface area contributed by atoms with E-state index in [2.05, 4.69) is 70.9 Å². The SMILES string of the molecule is CC1(C)CCC(CN2CCN(c3ccc(C(=O)NS(=O)(=O)c4ccc(NCC5CCN(C6CCN(CCCOc7cccc8c7CN(C7CCC(=O)NC7=O)C8=O)CC6)CC5)c([N+](=O)[O-])c4)c(Oc4cnc5[nH]ccc5c4)c3)CC2)=C(c2ccc(Cl)cc2)C1. The number of benzene rings is 4. The fourth-order valence-electron chi connectivity index (χ4n) is 13.6. The Hall–Kier alpha value is -7.89. The Labute approximate surface area is 523 Å². The molecule has 4 fully saturated rings. The number of piperazine rings is 1. The Balaban J connectivity index is 0.622. The van der Waals surface area contributed by atoms with Crippen LogP contribution in [0.5, 0.6) is 17.2 Å². The number of ether oxygens (including phenoxy) is 2. The number of hydrogen-bond acceptors (Lipinski definition) is 16. The van der Waals surface area contributed by atoms with Gasteiger partial charge in [-0.2, -0.15) is 0 Å². The molecule has 0 saturated carbocycles. The molecule has 4 aromatic carbocycles. The minimum absolute atomic E-state index is 0.0490. The van der Waals surface area contributed by atoms with Crippen LogP contribution in [0.3, 0.4) is 0 Å². The lowest BCUT2D eigenvalue weighted by molar-refractivity contribution is -0.384. The third-order valence-corrected chi connectivity index (χ3v) is 20.3. The number of fused-ring (bicyclic) bond motifs is 2. The molecule has 468 valence electrons. The summed E-state index contributed by atoms with van der Waals surface area (Å²) in [7, 11) is -4.62. The van der Waals surface area contributed by atoms with Gasteiger partial charge in [0.15, 0.2) is 0 Å². The predicted molar refractivity (Wildman–Crippen MR) is 340 cm³/mol. The second kappa shape index (κ2) is 26.3. The smallest absolute Gasteiger partial charge is 0.293 e. The number of nitro benzene ring substituents is 1. The molecule has 21 nitrogen and oxygen atoms in total. The number of hydrogen-bond donors (Lipinski definition) is 4. The summed E-state index contributed by atoms with van der Waals surface area (Å²) < 4.78 is 42.8. The molecule has 1 unspecified atom stereocenters. The number of likely N-dealkylation sites (tertiary alicyclic amines) is 2. The Morgan fingerprint density at radius 2 is 1.65 bits per heavy atom. The quantitative estimate of drug-likeness (QED) is 0.0240. The topological polar surface area (TPSA) is 245 Å². The van der Waals surface area contributed by atoms with E-state index in [1.165, 1.54) is 39.9 Å². The number of halogens is 1. The first-order chi connectivity index (χ1) is 42.9. The summed E-state index contributed by atoms with van der Waals surface area (Å²) in [6.45, 7) is 14.4. The van der Waals surface area contributed by atoms with Crippen molar-refractivity contribution >= 4 is 78.9 Å². The van der Waals surface area contributed by atoms with E-state index in [0.717, 1.165) is 131 Å². The second-order valence-electron chi connectivity index (χ2n) is 25.3. The van der Waals surface area contributed by atoms with E-state index in [1.54, 1.807) is 42.6 Å². The number of piperidine rings is 3. The van der Waals surface area contributed by atoms with Gasteiger partial charge in [-0.25, -0.2) is 18.1 Å². The Morgan fingerprint density at radius 3 is 2.42 bits per heavy atom. The van der Waals surface area contributed by atoms with E-state index in [9.17, 15) is 37.7 Å². The van der Waals surface area contributed by atoms with Crippen LogP contribution in [0.15, 0.2) is 114 Å². The van der Waals surface area contributed by atoms with Crippen molar-refractivity contribution in [3.05, 3.63) is 146 Å². The first-order valence-corrected chi connectivity index (χ1v) is 32.9. The molecule has 4 saturated heterocycles. The van der Waals surface area contributed by atoms with E-state index >= 15 is 0 Å². The summed E-state index contributed by atoms with van der Waals surface area (Å²) in [5.41, 5.74) is 6.77. The van der Waals surface area contributed by atoms with Crippen molar-refractivity contribution in [2.75, 3.05) is 88.8 Å². The van der Waals surface area contributed by atoms with Crippen molar-refractivity contribution < 1.29 is 42.0 Å². The molecule has 12 rings (SSSR count). The standard InChI is InChI=1S/C66H76ClN11O10S/c1-66(2)23-17-46(54(38-66)44-7-9-47(67)10-8-44)41-74-30-32-76(33-31-74)49-11-13-53(60(36-49)88-50-35-45-18-24-68-62(45)70-40-50)63(80)72-89(85,86)51-12-14-56(58(37-51)78(83)84)69-39-43-19-28-75(29-20-43)48-21-26-73(27-22-48)25-4-34-87-59-6-3-5-52-55(59)42-77(65(52)82)57-15-16-61(79)71-64(57)81/h3,5-14,18,24,35-37,40,43,48,57,69H,4,15-17,19-23,25-34,38-39,41-42H2,1-2H3,(H,68,70)(H,72,80)(H,71,79,81). The molecule has 1 aliphatic carbocycles. The third kappa shape index (κ3) is 14.1. The highest BCUT2D eigenvalue weighted by Crippen LogP contribution is 2.44. The minimum atomic E-state index is -4.62. The Bertz CT molecular complexity index is 3810. The molecule has 0 bridgehead atoms. The minimum Gasteiger partial charge on any atom is -0.493 e. The third-order valence-electron chi connectivity index (χ3n) is 18.8. The largest absolute Gasteiger partial charge is 0.493 e. The van der Waals surface area contributed by atoms with Crippen LogP contribution in [0, 0.1) is 21.4 Å². The van der Waals surface area contributed by atoms with Gasteiger partial charge in [0.05, 0.1) is 34.7 Å². The molecule has 89 heavy (non-hydrogen) atoms. The number of imide groups is 1. The van der Waals surface area contributed by atoms with Gasteiger partial charge < -0.3 is 39.4 Å². The van der Waals surface area contributed by atoms with Crippen LogP contribution in [0.25, 0.3) is 16.6 Å². The number of nitrogens with one attached hydrogen (secondary N) is 4. The van der Waals surface area contributed by atoms with Crippen molar-refractivity contribution in [3.63, 3.8) is 0 Å².